The lowest BCUT2D eigenvalue weighted by Crippen LogP contribution is -2.20. The van der Waals surface area contributed by atoms with Gasteiger partial charge in [-0.25, -0.2) is 8.78 Å². The summed E-state index contributed by atoms with van der Waals surface area (Å²) in [6, 6.07) is 10.1. The Balaban J connectivity index is 1.90. The van der Waals surface area contributed by atoms with Gasteiger partial charge in [-0.15, -0.1) is 0 Å². The van der Waals surface area contributed by atoms with E-state index < -0.39 is 17.5 Å². The highest BCUT2D eigenvalue weighted by Gasteiger charge is 2.08. The molecule has 0 saturated carbocycles. The molecule has 0 atom stereocenters. The fraction of sp³-hybridized carbons (Fsp3) is 0.188. The van der Waals surface area contributed by atoms with Crippen LogP contribution in [0.3, 0.4) is 0 Å². The van der Waals surface area contributed by atoms with Crippen LogP contribution < -0.4 is 15.0 Å². The first kappa shape index (κ1) is 15.8. The molecule has 0 aliphatic carbocycles. The van der Waals surface area contributed by atoms with Crippen molar-refractivity contribution in [2.75, 3.05) is 30.9 Å². The molecule has 22 heavy (non-hydrogen) atoms. The van der Waals surface area contributed by atoms with Crippen molar-refractivity contribution >= 4 is 17.3 Å². The van der Waals surface area contributed by atoms with Crippen LogP contribution in [0.4, 0.5) is 20.2 Å². The minimum atomic E-state index is -0.844. The van der Waals surface area contributed by atoms with Gasteiger partial charge in [-0.1, -0.05) is 0 Å². The SMILES string of the molecule is CN(C)c1ccc(NC(=O)COc2ccc(F)cc2F)cc1. The zero-order valence-electron chi connectivity index (χ0n) is 12.3. The van der Waals surface area contributed by atoms with E-state index in [4.69, 9.17) is 4.74 Å². The average Bonchev–Trinajstić information content (AvgIpc) is 2.47. The van der Waals surface area contributed by atoms with Crippen molar-refractivity contribution in [2.45, 2.75) is 0 Å². The van der Waals surface area contributed by atoms with Gasteiger partial charge in [-0.2, -0.15) is 0 Å². The van der Waals surface area contributed by atoms with Crippen molar-refractivity contribution in [1.29, 1.82) is 0 Å². The van der Waals surface area contributed by atoms with Gasteiger partial charge in [-0.05, 0) is 36.4 Å². The maximum absolute atomic E-state index is 13.3. The molecule has 116 valence electrons. The molecule has 1 amide bonds. The highest BCUT2D eigenvalue weighted by molar-refractivity contribution is 5.92. The lowest BCUT2D eigenvalue weighted by atomic mass is 10.2. The summed E-state index contributed by atoms with van der Waals surface area (Å²) in [6.07, 6.45) is 0. The predicted molar refractivity (Wildman–Crippen MR) is 81.3 cm³/mol. The van der Waals surface area contributed by atoms with Gasteiger partial charge < -0.3 is 15.0 Å². The topological polar surface area (TPSA) is 41.6 Å². The number of benzene rings is 2. The normalized spacial score (nSPS) is 10.2. The van der Waals surface area contributed by atoms with Crippen LogP contribution in [0.15, 0.2) is 42.5 Å². The van der Waals surface area contributed by atoms with Crippen molar-refractivity contribution in [3.63, 3.8) is 0 Å². The number of halogens is 2. The Bertz CT molecular complexity index is 658. The first-order chi connectivity index (χ1) is 10.5. The number of amides is 1. The second-order valence-corrected chi connectivity index (χ2v) is 4.85. The van der Waals surface area contributed by atoms with Gasteiger partial charge in [0.1, 0.15) is 5.82 Å². The van der Waals surface area contributed by atoms with Crippen molar-refractivity contribution in [3.8, 4) is 5.75 Å². The monoisotopic (exact) mass is 306 g/mol. The second-order valence-electron chi connectivity index (χ2n) is 4.85. The number of ether oxygens (including phenoxy) is 1. The molecule has 0 fully saturated rings. The number of rotatable bonds is 5. The molecule has 0 aliphatic heterocycles. The summed E-state index contributed by atoms with van der Waals surface area (Å²) in [6.45, 7) is -0.363. The molecule has 0 bridgehead atoms. The summed E-state index contributed by atoms with van der Waals surface area (Å²) in [5, 5.41) is 2.63. The van der Waals surface area contributed by atoms with E-state index in [2.05, 4.69) is 5.32 Å². The Morgan fingerprint density at radius 2 is 1.82 bits per heavy atom. The smallest absolute Gasteiger partial charge is 0.262 e. The molecule has 4 nitrogen and oxygen atoms in total. The van der Waals surface area contributed by atoms with Crippen LogP contribution in [0.25, 0.3) is 0 Å². The lowest BCUT2D eigenvalue weighted by molar-refractivity contribution is -0.118. The van der Waals surface area contributed by atoms with Gasteiger partial charge in [-0.3, -0.25) is 4.79 Å². The Labute approximate surface area is 127 Å². The van der Waals surface area contributed by atoms with Crippen molar-refractivity contribution in [3.05, 3.63) is 54.1 Å². The Kier molecular flexibility index (Phi) is 4.93. The number of nitrogens with one attached hydrogen (secondary N) is 1. The molecular weight excluding hydrogens is 290 g/mol. The standard InChI is InChI=1S/C16H16F2N2O2/c1-20(2)13-6-4-12(5-7-13)19-16(21)10-22-15-8-3-11(17)9-14(15)18/h3-9H,10H2,1-2H3,(H,19,21). The van der Waals surface area contributed by atoms with Crippen LogP contribution >= 0.6 is 0 Å². The third-order valence-corrected chi connectivity index (χ3v) is 2.92. The fourth-order valence-corrected chi connectivity index (χ4v) is 1.78. The molecule has 0 heterocycles. The minimum absolute atomic E-state index is 0.167. The van der Waals surface area contributed by atoms with Crippen LogP contribution in [-0.2, 0) is 4.79 Å². The van der Waals surface area contributed by atoms with E-state index in [1.54, 1.807) is 12.1 Å². The van der Waals surface area contributed by atoms with Gasteiger partial charge in [0.25, 0.3) is 5.91 Å². The molecule has 2 aromatic carbocycles. The molecule has 2 aromatic rings. The third-order valence-electron chi connectivity index (χ3n) is 2.92. The molecule has 0 saturated heterocycles. The number of hydrogen-bond donors (Lipinski definition) is 1. The maximum Gasteiger partial charge on any atom is 0.262 e. The molecular formula is C16H16F2N2O2. The highest BCUT2D eigenvalue weighted by Crippen LogP contribution is 2.18. The first-order valence-electron chi connectivity index (χ1n) is 6.61. The number of hydrogen-bond acceptors (Lipinski definition) is 3. The van der Waals surface area contributed by atoms with Crippen molar-refractivity contribution < 1.29 is 18.3 Å². The van der Waals surface area contributed by atoms with Gasteiger partial charge in [0, 0.05) is 31.5 Å². The van der Waals surface area contributed by atoms with Gasteiger partial charge in [0.05, 0.1) is 0 Å². The van der Waals surface area contributed by atoms with Gasteiger partial charge in [0.2, 0.25) is 0 Å². The summed E-state index contributed by atoms with van der Waals surface area (Å²) in [5.41, 5.74) is 1.61. The zero-order valence-corrected chi connectivity index (χ0v) is 12.3. The van der Waals surface area contributed by atoms with Crippen molar-refractivity contribution in [1.82, 2.24) is 0 Å². The molecule has 2 rings (SSSR count). The van der Waals surface area contributed by atoms with Crippen LogP contribution in [0.1, 0.15) is 0 Å². The van der Waals surface area contributed by atoms with Crippen LogP contribution in [-0.4, -0.2) is 26.6 Å². The lowest BCUT2D eigenvalue weighted by Gasteiger charge is -2.13. The molecule has 0 radical (unpaired) electrons. The number of anilines is 2. The first-order valence-corrected chi connectivity index (χ1v) is 6.61. The summed E-state index contributed by atoms with van der Waals surface area (Å²) in [4.78, 5) is 13.7. The van der Waals surface area contributed by atoms with Crippen LogP contribution in [0.5, 0.6) is 5.75 Å². The summed E-state index contributed by atoms with van der Waals surface area (Å²) in [5.74, 6) is -2.14. The second kappa shape index (κ2) is 6.89. The van der Waals surface area contributed by atoms with E-state index in [0.717, 1.165) is 17.8 Å². The van der Waals surface area contributed by atoms with Crippen LogP contribution in [0.2, 0.25) is 0 Å². The maximum atomic E-state index is 13.3. The zero-order chi connectivity index (χ0) is 16.1. The largest absolute Gasteiger partial charge is 0.481 e. The molecule has 6 heteroatoms. The average molecular weight is 306 g/mol. The van der Waals surface area contributed by atoms with E-state index in [1.807, 2.05) is 31.1 Å². The Morgan fingerprint density at radius 3 is 2.41 bits per heavy atom. The summed E-state index contributed by atoms with van der Waals surface area (Å²) >= 11 is 0. The van der Waals surface area contributed by atoms with E-state index in [9.17, 15) is 13.6 Å². The number of carbonyl (C=O) groups is 1. The number of nitrogens with zero attached hydrogens (tertiary/aromatic N) is 1. The van der Waals surface area contributed by atoms with Crippen LogP contribution in [0, 0.1) is 11.6 Å². The van der Waals surface area contributed by atoms with E-state index in [0.29, 0.717) is 11.8 Å². The third kappa shape index (κ3) is 4.18. The van der Waals surface area contributed by atoms with E-state index in [1.165, 1.54) is 0 Å². The van der Waals surface area contributed by atoms with Crippen molar-refractivity contribution in [2.24, 2.45) is 0 Å². The Morgan fingerprint density at radius 1 is 1.14 bits per heavy atom. The van der Waals surface area contributed by atoms with E-state index in [-0.39, 0.29) is 12.4 Å². The molecule has 0 spiro atoms. The Hall–Kier alpha value is -2.63. The molecule has 1 N–H and O–H groups in total. The van der Waals surface area contributed by atoms with Gasteiger partial charge >= 0.3 is 0 Å². The highest BCUT2D eigenvalue weighted by atomic mass is 19.1. The summed E-state index contributed by atoms with van der Waals surface area (Å²) in [7, 11) is 3.83. The predicted octanol–water partition coefficient (Wildman–Crippen LogP) is 3.05. The molecule has 0 aliphatic rings. The quantitative estimate of drug-likeness (QED) is 0.923. The fourth-order valence-electron chi connectivity index (χ4n) is 1.78. The number of carbonyl (C=O) groups excluding carboxylic acids is 1. The summed E-state index contributed by atoms with van der Waals surface area (Å²) < 4.78 is 31.1. The van der Waals surface area contributed by atoms with E-state index >= 15 is 0 Å². The van der Waals surface area contributed by atoms with Gasteiger partial charge in [0.15, 0.2) is 18.2 Å². The molecule has 0 aromatic heterocycles. The minimum Gasteiger partial charge on any atom is -0.481 e. The molecule has 0 unspecified atom stereocenters.